The number of anilines is 1. The summed E-state index contributed by atoms with van der Waals surface area (Å²) in [6, 6.07) is 14.1. The lowest BCUT2D eigenvalue weighted by molar-refractivity contribution is 0.0792. The van der Waals surface area contributed by atoms with Gasteiger partial charge in [-0.25, -0.2) is 0 Å². The Hall–Kier alpha value is -2.82. The molecule has 2 aromatic rings. The second-order valence-electron chi connectivity index (χ2n) is 6.73. The summed E-state index contributed by atoms with van der Waals surface area (Å²) in [5, 5.41) is 2.86. The van der Waals surface area contributed by atoms with Crippen LogP contribution in [0.15, 0.2) is 48.5 Å². The number of rotatable bonds is 5. The van der Waals surface area contributed by atoms with Gasteiger partial charge in [-0.05, 0) is 69.2 Å². The number of ether oxygens (including phenoxy) is 1. The Morgan fingerprint density at radius 1 is 1.00 bits per heavy atom. The molecule has 1 heterocycles. The molecule has 0 aromatic heterocycles. The van der Waals surface area contributed by atoms with E-state index in [1.165, 1.54) is 0 Å². The Labute approximate surface area is 154 Å². The van der Waals surface area contributed by atoms with Gasteiger partial charge >= 0.3 is 0 Å². The highest BCUT2D eigenvalue weighted by atomic mass is 16.5. The van der Waals surface area contributed by atoms with E-state index in [-0.39, 0.29) is 17.9 Å². The molecule has 0 atom stereocenters. The number of hydrogen-bond acceptors (Lipinski definition) is 3. The zero-order chi connectivity index (χ0) is 18.5. The number of carbonyl (C=O) groups is 2. The van der Waals surface area contributed by atoms with Gasteiger partial charge < -0.3 is 15.0 Å². The smallest absolute Gasteiger partial charge is 0.255 e. The SMILES string of the molecule is CC(C)Oc1cccc(C(=O)Nc2ccc(C(=O)N3CCCC3)cc2)c1. The van der Waals surface area contributed by atoms with Gasteiger partial charge in [-0.2, -0.15) is 0 Å². The van der Waals surface area contributed by atoms with Gasteiger partial charge in [0.25, 0.3) is 11.8 Å². The van der Waals surface area contributed by atoms with Gasteiger partial charge in [0.2, 0.25) is 0 Å². The average Bonchev–Trinajstić information content (AvgIpc) is 3.16. The van der Waals surface area contributed by atoms with Crippen LogP contribution in [0.25, 0.3) is 0 Å². The maximum absolute atomic E-state index is 12.4. The second kappa shape index (κ2) is 8.04. The van der Waals surface area contributed by atoms with Gasteiger partial charge in [-0.1, -0.05) is 6.07 Å². The summed E-state index contributed by atoms with van der Waals surface area (Å²) >= 11 is 0. The summed E-state index contributed by atoms with van der Waals surface area (Å²) in [6.07, 6.45) is 2.19. The van der Waals surface area contributed by atoms with Crippen LogP contribution in [0.3, 0.4) is 0 Å². The molecule has 0 aliphatic carbocycles. The molecule has 3 rings (SSSR count). The Morgan fingerprint density at radius 2 is 1.69 bits per heavy atom. The van der Waals surface area contributed by atoms with Crippen molar-refractivity contribution in [2.24, 2.45) is 0 Å². The molecule has 0 radical (unpaired) electrons. The van der Waals surface area contributed by atoms with Crippen LogP contribution in [-0.4, -0.2) is 35.9 Å². The molecule has 136 valence electrons. The van der Waals surface area contributed by atoms with Crippen molar-refractivity contribution in [1.82, 2.24) is 4.90 Å². The van der Waals surface area contributed by atoms with Gasteiger partial charge in [0.05, 0.1) is 6.10 Å². The third-order valence-corrected chi connectivity index (χ3v) is 4.25. The minimum absolute atomic E-state index is 0.0500. The first kappa shape index (κ1) is 18.0. The van der Waals surface area contributed by atoms with Crippen molar-refractivity contribution in [3.05, 3.63) is 59.7 Å². The standard InChI is InChI=1S/C21H24N2O3/c1-15(2)26-19-7-5-6-17(14-19)20(24)22-18-10-8-16(9-11-18)21(25)23-12-3-4-13-23/h5-11,14-15H,3-4,12-13H2,1-2H3,(H,22,24). The van der Waals surface area contributed by atoms with E-state index in [2.05, 4.69) is 5.32 Å². The number of likely N-dealkylation sites (tertiary alicyclic amines) is 1. The van der Waals surface area contributed by atoms with Crippen molar-refractivity contribution in [1.29, 1.82) is 0 Å². The van der Waals surface area contributed by atoms with E-state index >= 15 is 0 Å². The highest BCUT2D eigenvalue weighted by Gasteiger charge is 2.19. The van der Waals surface area contributed by atoms with Crippen LogP contribution in [0.4, 0.5) is 5.69 Å². The Morgan fingerprint density at radius 3 is 2.35 bits per heavy atom. The van der Waals surface area contributed by atoms with E-state index < -0.39 is 0 Å². The summed E-state index contributed by atoms with van der Waals surface area (Å²) < 4.78 is 5.62. The minimum atomic E-state index is -0.210. The van der Waals surface area contributed by atoms with Crippen LogP contribution in [0.1, 0.15) is 47.4 Å². The van der Waals surface area contributed by atoms with Gasteiger partial charge in [0, 0.05) is 29.9 Å². The molecule has 5 heteroatoms. The normalized spacial score (nSPS) is 13.7. The molecule has 1 fully saturated rings. The molecular weight excluding hydrogens is 328 g/mol. The fourth-order valence-corrected chi connectivity index (χ4v) is 2.99. The molecular formula is C21H24N2O3. The van der Waals surface area contributed by atoms with Crippen molar-refractivity contribution in [3.8, 4) is 5.75 Å². The van der Waals surface area contributed by atoms with Gasteiger partial charge in [0.15, 0.2) is 0 Å². The minimum Gasteiger partial charge on any atom is -0.491 e. The molecule has 2 aromatic carbocycles. The van der Waals surface area contributed by atoms with E-state index in [1.54, 1.807) is 42.5 Å². The van der Waals surface area contributed by atoms with Crippen LogP contribution < -0.4 is 10.1 Å². The Kier molecular flexibility index (Phi) is 5.56. The number of amides is 2. The van der Waals surface area contributed by atoms with Crippen molar-refractivity contribution < 1.29 is 14.3 Å². The van der Waals surface area contributed by atoms with Crippen LogP contribution in [0, 0.1) is 0 Å². The number of nitrogens with one attached hydrogen (secondary N) is 1. The first-order valence-corrected chi connectivity index (χ1v) is 9.00. The predicted octanol–water partition coefficient (Wildman–Crippen LogP) is 3.96. The van der Waals surface area contributed by atoms with E-state index in [0.717, 1.165) is 25.9 Å². The molecule has 1 aliphatic heterocycles. The van der Waals surface area contributed by atoms with Crippen LogP contribution >= 0.6 is 0 Å². The predicted molar refractivity (Wildman–Crippen MR) is 102 cm³/mol. The number of carbonyl (C=O) groups excluding carboxylic acids is 2. The molecule has 2 amide bonds. The van der Waals surface area contributed by atoms with Crippen molar-refractivity contribution in [2.45, 2.75) is 32.8 Å². The lowest BCUT2D eigenvalue weighted by Gasteiger charge is -2.15. The number of benzene rings is 2. The van der Waals surface area contributed by atoms with Crippen LogP contribution in [-0.2, 0) is 0 Å². The molecule has 0 spiro atoms. The lowest BCUT2D eigenvalue weighted by Crippen LogP contribution is -2.27. The summed E-state index contributed by atoms with van der Waals surface area (Å²) in [7, 11) is 0. The molecule has 1 saturated heterocycles. The fraction of sp³-hybridized carbons (Fsp3) is 0.333. The van der Waals surface area contributed by atoms with Crippen LogP contribution in [0.2, 0.25) is 0 Å². The maximum atomic E-state index is 12.4. The highest BCUT2D eigenvalue weighted by molar-refractivity contribution is 6.04. The lowest BCUT2D eigenvalue weighted by atomic mass is 10.1. The van der Waals surface area contributed by atoms with Gasteiger partial charge in [-0.15, -0.1) is 0 Å². The van der Waals surface area contributed by atoms with E-state index in [0.29, 0.717) is 22.6 Å². The largest absolute Gasteiger partial charge is 0.491 e. The third kappa shape index (κ3) is 4.42. The molecule has 26 heavy (non-hydrogen) atoms. The quantitative estimate of drug-likeness (QED) is 0.886. The topological polar surface area (TPSA) is 58.6 Å². The van der Waals surface area contributed by atoms with Gasteiger partial charge in [-0.3, -0.25) is 9.59 Å². The fourth-order valence-electron chi connectivity index (χ4n) is 2.99. The summed E-state index contributed by atoms with van der Waals surface area (Å²) in [6.45, 7) is 5.54. The van der Waals surface area contributed by atoms with Crippen molar-refractivity contribution in [2.75, 3.05) is 18.4 Å². The third-order valence-electron chi connectivity index (χ3n) is 4.25. The van der Waals surface area contributed by atoms with Crippen molar-refractivity contribution >= 4 is 17.5 Å². The molecule has 1 N–H and O–H groups in total. The second-order valence-corrected chi connectivity index (χ2v) is 6.73. The van der Waals surface area contributed by atoms with E-state index in [4.69, 9.17) is 4.74 Å². The van der Waals surface area contributed by atoms with Crippen molar-refractivity contribution in [3.63, 3.8) is 0 Å². The zero-order valence-corrected chi connectivity index (χ0v) is 15.2. The molecule has 0 saturated carbocycles. The monoisotopic (exact) mass is 352 g/mol. The van der Waals surface area contributed by atoms with Crippen LogP contribution in [0.5, 0.6) is 5.75 Å². The van der Waals surface area contributed by atoms with Gasteiger partial charge in [0.1, 0.15) is 5.75 Å². The highest BCUT2D eigenvalue weighted by Crippen LogP contribution is 2.18. The molecule has 1 aliphatic rings. The first-order valence-electron chi connectivity index (χ1n) is 9.00. The Balaban J connectivity index is 1.65. The van der Waals surface area contributed by atoms with E-state index in [9.17, 15) is 9.59 Å². The van der Waals surface area contributed by atoms with E-state index in [1.807, 2.05) is 24.8 Å². The molecule has 0 bridgehead atoms. The summed E-state index contributed by atoms with van der Waals surface area (Å²) in [5.74, 6) is 0.510. The zero-order valence-electron chi connectivity index (χ0n) is 15.2. The number of hydrogen-bond donors (Lipinski definition) is 1. The maximum Gasteiger partial charge on any atom is 0.255 e. The average molecular weight is 352 g/mol. The summed E-state index contributed by atoms with van der Waals surface area (Å²) in [5.41, 5.74) is 1.83. The first-order chi connectivity index (χ1) is 12.5. The Bertz CT molecular complexity index is 778. The number of nitrogens with zero attached hydrogens (tertiary/aromatic N) is 1. The molecule has 0 unspecified atom stereocenters. The molecule has 5 nitrogen and oxygen atoms in total. The summed E-state index contributed by atoms with van der Waals surface area (Å²) in [4.78, 5) is 26.7.